The van der Waals surface area contributed by atoms with Crippen molar-refractivity contribution in [3.8, 4) is 0 Å². The van der Waals surface area contributed by atoms with E-state index < -0.39 is 20.9 Å². The fourth-order valence-electron chi connectivity index (χ4n) is 8.78. The van der Waals surface area contributed by atoms with Crippen LogP contribution in [0.3, 0.4) is 0 Å². The van der Waals surface area contributed by atoms with Gasteiger partial charge in [-0.1, -0.05) is 239 Å². The van der Waals surface area contributed by atoms with Crippen molar-refractivity contribution in [1.82, 2.24) is 0 Å². The van der Waals surface area contributed by atoms with Crippen molar-refractivity contribution in [2.75, 3.05) is 0 Å². The highest BCUT2D eigenvalue weighted by Crippen LogP contribution is 2.53. The van der Waals surface area contributed by atoms with Gasteiger partial charge in [-0.2, -0.15) is 4.20 Å². The predicted molar refractivity (Wildman–Crippen MR) is 278 cm³/mol. The van der Waals surface area contributed by atoms with Crippen LogP contribution in [0.5, 0.6) is 0 Å². The quantitative estimate of drug-likeness (QED) is 0.148. The first-order valence-corrected chi connectivity index (χ1v) is 25.1. The van der Waals surface area contributed by atoms with Crippen LogP contribution in [-0.4, -0.2) is 0 Å². The molecular weight excluding hydrogens is 803 g/mol. The summed E-state index contributed by atoms with van der Waals surface area (Å²) in [5.41, 5.74) is 13.5. The molecule has 354 valence electrons. The van der Waals surface area contributed by atoms with Crippen molar-refractivity contribution >= 4 is 8.69 Å². The average molecular weight is 893 g/mol. The molecule has 0 bridgehead atoms. The molecule has 0 radical (unpaired) electrons. The molecule has 0 aliphatic carbocycles. The van der Waals surface area contributed by atoms with Gasteiger partial charge in [0, 0.05) is 12.8 Å². The second-order valence-corrected chi connectivity index (χ2v) is 28.0. The van der Waals surface area contributed by atoms with Gasteiger partial charge in [-0.05, 0) is 110 Å². The Morgan fingerprint density at radius 2 is 0.578 bits per heavy atom. The van der Waals surface area contributed by atoms with E-state index in [0.717, 1.165) is 11.1 Å². The van der Waals surface area contributed by atoms with Gasteiger partial charge < -0.3 is 9.05 Å². The summed E-state index contributed by atoms with van der Waals surface area (Å²) in [7, 11) is -2.88. The molecule has 0 aliphatic heterocycles. The molecule has 2 unspecified atom stereocenters. The number of benzene rings is 4. The highest BCUT2D eigenvalue weighted by Gasteiger charge is 2.35. The topological polar surface area (TPSA) is 18.5 Å². The molecule has 0 N–H and O–H groups in total. The van der Waals surface area contributed by atoms with Crippen LogP contribution < -0.4 is 0 Å². The lowest BCUT2D eigenvalue weighted by Crippen LogP contribution is -2.23. The van der Waals surface area contributed by atoms with E-state index in [-0.39, 0.29) is 43.3 Å². The van der Waals surface area contributed by atoms with Gasteiger partial charge >= 0.3 is 8.69 Å². The fourth-order valence-corrected chi connectivity index (χ4v) is 9.60. The molecule has 0 saturated carbocycles. The van der Waals surface area contributed by atoms with Crippen molar-refractivity contribution in [2.24, 2.45) is 0 Å². The van der Waals surface area contributed by atoms with Gasteiger partial charge in [0.05, 0.1) is 12.2 Å². The standard InChI is InChI=1S/C60H90FO2P/c1-53(2,3)41-27-25-39(47(35-41)57(13,14)15)33-51(45-31-29-43(55(7,8)9)37-49(45)59(19,20)21)62-64(61)63-52(46-32-30-44(56(10,11)12)38-50(46)60(22,23)24)34-40-26-28-42(54(4,5)6)36-48(40)58(16,17)18/h25-32,35-38,51-52H,33-34H2,1-24H3. The Labute approximate surface area is 394 Å². The Bertz CT molecular complexity index is 2060. The number of halogens is 1. The molecule has 4 rings (SSSR count). The van der Waals surface area contributed by atoms with Crippen LogP contribution >= 0.6 is 8.69 Å². The van der Waals surface area contributed by atoms with Crippen LogP contribution in [-0.2, 0) is 65.2 Å². The summed E-state index contributed by atoms with van der Waals surface area (Å²) in [6.07, 6.45) is -0.157. The SMILES string of the molecule is CC(C)(C)c1ccc(CC(OP(F)OC(Cc2ccc(C(C)(C)C)cc2C(C)(C)C)c2ccc(C(C)(C)C)cc2C(C)(C)C)c2ccc(C(C)(C)C)cc2C(C)(C)C)c(C(C)(C)C)c1. The second kappa shape index (κ2) is 18.7. The van der Waals surface area contributed by atoms with Crippen molar-refractivity contribution in [2.45, 2.75) is 235 Å². The highest BCUT2D eigenvalue weighted by molar-refractivity contribution is 7.41. The molecule has 0 saturated heterocycles. The van der Waals surface area contributed by atoms with E-state index in [1.54, 1.807) is 0 Å². The first-order valence-electron chi connectivity index (χ1n) is 24.1. The molecule has 0 heterocycles. The summed E-state index contributed by atoms with van der Waals surface area (Å²) >= 11 is 0. The predicted octanol–water partition coefficient (Wildman–Crippen LogP) is 18.6. The zero-order valence-electron chi connectivity index (χ0n) is 45.1. The lowest BCUT2D eigenvalue weighted by molar-refractivity contribution is 0.123. The Balaban J connectivity index is 1.98. The maximum Gasteiger partial charge on any atom is 0.376 e. The van der Waals surface area contributed by atoms with Gasteiger partial charge in [-0.15, -0.1) is 0 Å². The van der Waals surface area contributed by atoms with E-state index in [1.165, 1.54) is 55.6 Å². The first kappa shape index (κ1) is 53.8. The minimum atomic E-state index is -2.88. The molecule has 2 nitrogen and oxygen atoms in total. The van der Waals surface area contributed by atoms with Gasteiger partial charge in [0.15, 0.2) is 0 Å². The van der Waals surface area contributed by atoms with Crippen LogP contribution in [0, 0.1) is 0 Å². The van der Waals surface area contributed by atoms with Crippen LogP contribution in [0.1, 0.15) is 245 Å². The van der Waals surface area contributed by atoms with E-state index in [1.807, 2.05) is 0 Å². The van der Waals surface area contributed by atoms with E-state index in [9.17, 15) is 0 Å². The van der Waals surface area contributed by atoms with Gasteiger partial charge in [-0.25, -0.2) is 0 Å². The molecule has 0 aromatic heterocycles. The Kier molecular flexibility index (Phi) is 15.7. The zero-order valence-corrected chi connectivity index (χ0v) is 46.0. The Morgan fingerprint density at radius 1 is 0.344 bits per heavy atom. The maximum absolute atomic E-state index is 17.8. The number of hydrogen-bond donors (Lipinski definition) is 0. The third-order valence-corrected chi connectivity index (χ3v) is 13.8. The normalized spacial score (nSPS) is 15.3. The van der Waals surface area contributed by atoms with E-state index in [4.69, 9.17) is 9.05 Å². The molecule has 0 fully saturated rings. The zero-order chi connectivity index (χ0) is 49.0. The Hall–Kier alpha value is -2.84. The van der Waals surface area contributed by atoms with Crippen molar-refractivity contribution in [3.63, 3.8) is 0 Å². The van der Waals surface area contributed by atoms with Gasteiger partial charge in [0.2, 0.25) is 0 Å². The molecule has 0 amide bonds. The van der Waals surface area contributed by atoms with Crippen LogP contribution in [0.2, 0.25) is 0 Å². The largest absolute Gasteiger partial charge is 0.376 e. The van der Waals surface area contributed by atoms with Gasteiger partial charge in [0.1, 0.15) is 0 Å². The third kappa shape index (κ3) is 13.6. The summed E-state index contributed by atoms with van der Waals surface area (Å²) in [5.74, 6) is 0. The highest BCUT2D eigenvalue weighted by atomic mass is 31.2. The minimum absolute atomic E-state index is 0.0103. The van der Waals surface area contributed by atoms with Crippen molar-refractivity contribution in [3.05, 3.63) is 140 Å². The van der Waals surface area contributed by atoms with Crippen molar-refractivity contribution < 1.29 is 13.2 Å². The molecular formula is C60H90FO2P. The summed E-state index contributed by atoms with van der Waals surface area (Å²) in [6, 6.07) is 27.3. The van der Waals surface area contributed by atoms with E-state index >= 15 is 4.20 Å². The molecule has 0 spiro atoms. The average Bonchev–Trinajstić information content (AvgIpc) is 3.10. The summed E-state index contributed by atoms with van der Waals surface area (Å²) in [6.45, 7) is 54.3. The van der Waals surface area contributed by atoms with E-state index in [0.29, 0.717) is 12.8 Å². The summed E-state index contributed by atoms with van der Waals surface area (Å²) in [4.78, 5) is 0. The van der Waals surface area contributed by atoms with Crippen LogP contribution in [0.25, 0.3) is 0 Å². The van der Waals surface area contributed by atoms with Crippen LogP contribution in [0.4, 0.5) is 4.20 Å². The first-order chi connectivity index (χ1) is 28.7. The lowest BCUT2D eigenvalue weighted by Gasteiger charge is -2.34. The lowest BCUT2D eigenvalue weighted by atomic mass is 9.75. The monoisotopic (exact) mass is 893 g/mol. The third-order valence-electron chi connectivity index (χ3n) is 12.9. The van der Waals surface area contributed by atoms with Crippen molar-refractivity contribution in [1.29, 1.82) is 0 Å². The summed E-state index contributed by atoms with van der Waals surface area (Å²) < 4.78 is 31.6. The molecule has 4 aromatic rings. The molecule has 64 heavy (non-hydrogen) atoms. The number of rotatable bonds is 10. The van der Waals surface area contributed by atoms with E-state index in [2.05, 4.69) is 239 Å². The molecule has 4 heteroatoms. The second-order valence-electron chi connectivity index (χ2n) is 27.2. The number of hydrogen-bond acceptors (Lipinski definition) is 2. The molecule has 2 atom stereocenters. The minimum Gasteiger partial charge on any atom is -0.300 e. The molecule has 0 aliphatic rings. The van der Waals surface area contributed by atoms with Gasteiger partial charge in [-0.3, -0.25) is 0 Å². The summed E-state index contributed by atoms with van der Waals surface area (Å²) in [5, 5.41) is 0. The fraction of sp³-hybridized carbons (Fsp3) is 0.600. The maximum atomic E-state index is 17.8. The smallest absolute Gasteiger partial charge is 0.300 e. The van der Waals surface area contributed by atoms with Crippen LogP contribution in [0.15, 0.2) is 72.8 Å². The Morgan fingerprint density at radius 3 is 0.812 bits per heavy atom. The van der Waals surface area contributed by atoms with Gasteiger partial charge in [0.25, 0.3) is 0 Å². The molecule has 4 aromatic carbocycles.